The number of anilines is 1. The molecule has 0 atom stereocenters. The predicted molar refractivity (Wildman–Crippen MR) is 111 cm³/mol. The molecular weight excluding hydrogens is 338 g/mol. The molecule has 3 N–H and O–H groups in total. The third kappa shape index (κ3) is 5.45. The summed E-state index contributed by atoms with van der Waals surface area (Å²) in [5.41, 5.74) is 7.96. The monoisotopic (exact) mass is 371 g/mol. The first-order valence-electron chi connectivity index (χ1n) is 10.3. The van der Waals surface area contributed by atoms with Crippen molar-refractivity contribution in [3.63, 3.8) is 0 Å². The number of amidine groups is 1. The molecular formula is C21H33N5O. The maximum Gasteiger partial charge on any atom is 0.219 e. The molecule has 6 heteroatoms. The Hall–Kier alpha value is -2.08. The van der Waals surface area contributed by atoms with Gasteiger partial charge in [-0.05, 0) is 37.4 Å². The van der Waals surface area contributed by atoms with Gasteiger partial charge in [0.2, 0.25) is 5.91 Å². The smallest absolute Gasteiger partial charge is 0.219 e. The molecule has 0 aromatic heterocycles. The van der Waals surface area contributed by atoms with E-state index >= 15 is 0 Å². The van der Waals surface area contributed by atoms with Gasteiger partial charge in [-0.15, -0.1) is 0 Å². The lowest BCUT2D eigenvalue weighted by Crippen LogP contribution is -2.50. The van der Waals surface area contributed by atoms with Crippen molar-refractivity contribution in [2.45, 2.75) is 39.0 Å². The minimum Gasteiger partial charge on any atom is -0.398 e. The fraction of sp³-hybridized carbons (Fsp3) is 0.619. The maximum atomic E-state index is 11.6. The van der Waals surface area contributed by atoms with Crippen molar-refractivity contribution in [1.82, 2.24) is 15.1 Å². The molecule has 1 amide bonds. The third-order valence-electron chi connectivity index (χ3n) is 5.72. The van der Waals surface area contributed by atoms with E-state index in [1.54, 1.807) is 6.92 Å². The molecule has 1 saturated heterocycles. The molecule has 1 aromatic rings. The number of nitrogens with two attached hydrogens (primary N) is 1. The Balaban J connectivity index is 1.65. The van der Waals surface area contributed by atoms with Crippen LogP contribution in [-0.4, -0.2) is 60.9 Å². The third-order valence-corrected chi connectivity index (χ3v) is 5.72. The van der Waals surface area contributed by atoms with Gasteiger partial charge in [-0.25, -0.2) is 0 Å². The van der Waals surface area contributed by atoms with E-state index < -0.39 is 0 Å². The second kappa shape index (κ2) is 9.74. The standard InChI is InChI=1S/C21H33N5O/c1-17(27)25-11-13-26(14-12-25)21(19-9-5-6-10-20(19)22)24-16-23-15-18-7-3-2-4-8-18/h5-6,9-10,18,23H,2-4,7-8,11-16,22H2,1H3/b24-21+. The zero-order valence-electron chi connectivity index (χ0n) is 16.5. The van der Waals surface area contributed by atoms with Crippen LogP contribution < -0.4 is 11.1 Å². The van der Waals surface area contributed by atoms with E-state index in [0.717, 1.165) is 55.7 Å². The molecule has 0 spiro atoms. The summed E-state index contributed by atoms with van der Waals surface area (Å²) in [6, 6.07) is 7.91. The van der Waals surface area contributed by atoms with E-state index in [4.69, 9.17) is 10.7 Å². The topological polar surface area (TPSA) is 74.0 Å². The second-order valence-electron chi connectivity index (χ2n) is 7.68. The lowest BCUT2D eigenvalue weighted by molar-refractivity contribution is -0.130. The largest absolute Gasteiger partial charge is 0.398 e. The normalized spacial score (nSPS) is 19.4. The van der Waals surface area contributed by atoms with E-state index in [1.807, 2.05) is 29.2 Å². The molecule has 1 heterocycles. The summed E-state index contributed by atoms with van der Waals surface area (Å²) < 4.78 is 0. The highest BCUT2D eigenvalue weighted by atomic mass is 16.2. The molecule has 1 aliphatic heterocycles. The first-order chi connectivity index (χ1) is 13.1. The summed E-state index contributed by atoms with van der Waals surface area (Å²) in [5, 5.41) is 3.52. The van der Waals surface area contributed by atoms with Crippen LogP contribution in [0.2, 0.25) is 0 Å². The van der Waals surface area contributed by atoms with Crippen LogP contribution in [-0.2, 0) is 4.79 Å². The fourth-order valence-corrected chi connectivity index (χ4v) is 4.08. The maximum absolute atomic E-state index is 11.6. The lowest BCUT2D eigenvalue weighted by atomic mass is 9.89. The van der Waals surface area contributed by atoms with Crippen molar-refractivity contribution >= 4 is 17.4 Å². The molecule has 1 saturated carbocycles. The number of carbonyl (C=O) groups is 1. The van der Waals surface area contributed by atoms with Gasteiger partial charge in [0.15, 0.2) is 0 Å². The summed E-state index contributed by atoms with van der Waals surface area (Å²) in [6.45, 7) is 6.32. The molecule has 2 aliphatic rings. The van der Waals surface area contributed by atoms with Crippen LogP contribution in [0.15, 0.2) is 29.3 Å². The van der Waals surface area contributed by atoms with Crippen LogP contribution in [0, 0.1) is 5.92 Å². The number of nitrogens with one attached hydrogen (secondary N) is 1. The van der Waals surface area contributed by atoms with Crippen LogP contribution in [0.4, 0.5) is 5.69 Å². The molecule has 148 valence electrons. The van der Waals surface area contributed by atoms with Gasteiger partial charge < -0.3 is 15.5 Å². The van der Waals surface area contributed by atoms with Gasteiger partial charge in [0.05, 0.1) is 6.67 Å². The van der Waals surface area contributed by atoms with Crippen molar-refractivity contribution in [2.24, 2.45) is 10.9 Å². The van der Waals surface area contributed by atoms with Gasteiger partial charge in [0.1, 0.15) is 5.84 Å². The summed E-state index contributed by atoms with van der Waals surface area (Å²) in [6.07, 6.45) is 6.78. The van der Waals surface area contributed by atoms with Gasteiger partial charge in [-0.2, -0.15) is 0 Å². The summed E-state index contributed by atoms with van der Waals surface area (Å²) in [4.78, 5) is 20.6. The van der Waals surface area contributed by atoms with Crippen LogP contribution in [0.25, 0.3) is 0 Å². The Morgan fingerprint density at radius 2 is 1.78 bits per heavy atom. The summed E-state index contributed by atoms with van der Waals surface area (Å²) in [5.74, 6) is 1.87. The second-order valence-corrected chi connectivity index (χ2v) is 7.68. The lowest BCUT2D eigenvalue weighted by Gasteiger charge is -2.36. The average Bonchev–Trinajstić information content (AvgIpc) is 2.70. The summed E-state index contributed by atoms with van der Waals surface area (Å²) >= 11 is 0. The summed E-state index contributed by atoms with van der Waals surface area (Å²) in [7, 11) is 0. The number of benzene rings is 1. The number of piperazine rings is 1. The number of hydrogen-bond donors (Lipinski definition) is 2. The molecule has 6 nitrogen and oxygen atoms in total. The zero-order chi connectivity index (χ0) is 19.1. The van der Waals surface area contributed by atoms with Gasteiger partial charge in [-0.3, -0.25) is 15.1 Å². The Morgan fingerprint density at radius 1 is 1.11 bits per heavy atom. The van der Waals surface area contributed by atoms with E-state index in [1.165, 1.54) is 32.1 Å². The van der Waals surface area contributed by atoms with E-state index in [2.05, 4.69) is 10.2 Å². The first-order valence-corrected chi connectivity index (χ1v) is 10.3. The predicted octanol–water partition coefficient (Wildman–Crippen LogP) is 2.31. The van der Waals surface area contributed by atoms with Crippen molar-refractivity contribution in [1.29, 1.82) is 0 Å². The Bertz CT molecular complexity index is 646. The first kappa shape index (κ1) is 19.7. The van der Waals surface area contributed by atoms with Gasteiger partial charge in [-0.1, -0.05) is 31.4 Å². The molecule has 1 aromatic carbocycles. The number of nitrogen functional groups attached to an aromatic ring is 1. The van der Waals surface area contributed by atoms with E-state index in [9.17, 15) is 4.79 Å². The Morgan fingerprint density at radius 3 is 2.44 bits per heavy atom. The highest BCUT2D eigenvalue weighted by Crippen LogP contribution is 2.22. The minimum atomic E-state index is 0.140. The quantitative estimate of drug-likeness (QED) is 0.360. The van der Waals surface area contributed by atoms with E-state index in [0.29, 0.717) is 6.67 Å². The molecule has 0 radical (unpaired) electrons. The molecule has 0 unspecified atom stereocenters. The van der Waals surface area contributed by atoms with Crippen LogP contribution >= 0.6 is 0 Å². The van der Waals surface area contributed by atoms with Crippen molar-refractivity contribution < 1.29 is 4.79 Å². The number of aliphatic imine (C=N–C) groups is 1. The van der Waals surface area contributed by atoms with Crippen LogP contribution in [0.3, 0.4) is 0 Å². The zero-order valence-corrected chi connectivity index (χ0v) is 16.5. The highest BCUT2D eigenvalue weighted by Gasteiger charge is 2.23. The molecule has 27 heavy (non-hydrogen) atoms. The van der Waals surface area contributed by atoms with Gasteiger partial charge in [0, 0.05) is 44.4 Å². The van der Waals surface area contributed by atoms with Crippen molar-refractivity contribution in [3.8, 4) is 0 Å². The van der Waals surface area contributed by atoms with Crippen molar-refractivity contribution in [2.75, 3.05) is 45.1 Å². The number of amides is 1. The van der Waals surface area contributed by atoms with E-state index in [-0.39, 0.29) is 5.91 Å². The van der Waals surface area contributed by atoms with Crippen molar-refractivity contribution in [3.05, 3.63) is 29.8 Å². The molecule has 2 fully saturated rings. The minimum absolute atomic E-state index is 0.140. The average molecular weight is 372 g/mol. The Kier molecular flexibility index (Phi) is 7.10. The van der Waals surface area contributed by atoms with Gasteiger partial charge in [0.25, 0.3) is 0 Å². The van der Waals surface area contributed by atoms with Crippen LogP contribution in [0.5, 0.6) is 0 Å². The van der Waals surface area contributed by atoms with Crippen LogP contribution in [0.1, 0.15) is 44.6 Å². The highest BCUT2D eigenvalue weighted by molar-refractivity contribution is 6.03. The number of carbonyl (C=O) groups excluding carboxylic acids is 1. The molecule has 3 rings (SSSR count). The number of hydrogen-bond acceptors (Lipinski definition) is 4. The fourth-order valence-electron chi connectivity index (χ4n) is 4.08. The number of para-hydroxylation sites is 1. The molecule has 0 bridgehead atoms. The number of rotatable bonds is 5. The SMILES string of the molecule is CC(=O)N1CCN(/C(=N/CNCC2CCCCC2)c2ccccc2N)CC1. The van der Waals surface area contributed by atoms with Gasteiger partial charge >= 0.3 is 0 Å². The number of nitrogens with zero attached hydrogens (tertiary/aromatic N) is 3. The molecule has 1 aliphatic carbocycles. The Labute approximate surface area is 162 Å².